The number of nitro groups is 1. The fraction of sp³-hybridized carbons (Fsp3) is 0.455. The second kappa shape index (κ2) is 9.57. The summed E-state index contributed by atoms with van der Waals surface area (Å²) in [6.07, 6.45) is 1.45. The smallest absolute Gasteiger partial charge is 0.311 e. The molecular weight excluding hydrogens is 429 g/mol. The van der Waals surface area contributed by atoms with E-state index in [1.165, 1.54) is 12.1 Å². The van der Waals surface area contributed by atoms with Crippen LogP contribution in [0, 0.1) is 21.8 Å². The molecule has 2 aliphatic heterocycles. The van der Waals surface area contributed by atoms with Crippen molar-refractivity contribution in [2.75, 3.05) is 61.4 Å². The fourth-order valence-corrected chi connectivity index (χ4v) is 4.30. The van der Waals surface area contributed by atoms with E-state index >= 15 is 0 Å². The maximum atomic E-state index is 15.0. The number of primary amides is 1. The molecule has 2 aliphatic rings. The Morgan fingerprint density at radius 3 is 2.61 bits per heavy atom. The van der Waals surface area contributed by atoms with Crippen LogP contribution in [-0.4, -0.2) is 67.0 Å². The van der Waals surface area contributed by atoms with E-state index in [1.54, 1.807) is 18.2 Å². The lowest BCUT2D eigenvalue weighted by atomic mass is 9.97. The molecule has 11 heteroatoms. The number of hydrogen-bond donors (Lipinski definition) is 2. The summed E-state index contributed by atoms with van der Waals surface area (Å²) >= 11 is 0. The Kier molecular flexibility index (Phi) is 6.59. The maximum Gasteiger partial charge on any atom is 0.311 e. The first-order valence-corrected chi connectivity index (χ1v) is 11.0. The number of benzene rings is 1. The van der Waals surface area contributed by atoms with Crippen molar-refractivity contribution in [3.63, 3.8) is 0 Å². The molecule has 3 N–H and O–H groups in total. The van der Waals surface area contributed by atoms with Crippen molar-refractivity contribution in [3.8, 4) is 0 Å². The fourth-order valence-electron chi connectivity index (χ4n) is 4.30. The Balaban J connectivity index is 1.55. The average Bonchev–Trinajstić information content (AvgIpc) is 2.79. The Morgan fingerprint density at radius 2 is 1.94 bits per heavy atom. The molecule has 1 amide bonds. The minimum Gasteiger partial charge on any atom is -0.369 e. The number of likely N-dealkylation sites (N-methyl/N-ethyl adjacent to an activating group) is 1. The third-order valence-electron chi connectivity index (χ3n) is 6.26. The van der Waals surface area contributed by atoms with Crippen LogP contribution < -0.4 is 20.9 Å². The lowest BCUT2D eigenvalue weighted by Gasteiger charge is -2.33. The molecule has 0 aliphatic carbocycles. The Labute approximate surface area is 191 Å². The van der Waals surface area contributed by atoms with Crippen LogP contribution in [0.4, 0.5) is 33.1 Å². The van der Waals surface area contributed by atoms with Crippen LogP contribution in [0.1, 0.15) is 12.8 Å². The van der Waals surface area contributed by atoms with E-state index in [0.29, 0.717) is 36.7 Å². The van der Waals surface area contributed by atoms with E-state index in [0.717, 1.165) is 32.6 Å². The third-order valence-corrected chi connectivity index (χ3v) is 6.26. The topological polar surface area (TPSA) is 121 Å². The minimum atomic E-state index is -0.508. The Bertz CT molecular complexity index is 1040. The number of piperazine rings is 1. The van der Waals surface area contributed by atoms with Gasteiger partial charge in [-0.05, 0) is 44.2 Å². The first-order chi connectivity index (χ1) is 15.8. The highest BCUT2D eigenvalue weighted by Crippen LogP contribution is 2.32. The second-order valence-corrected chi connectivity index (χ2v) is 8.56. The van der Waals surface area contributed by atoms with Crippen molar-refractivity contribution >= 4 is 34.6 Å². The summed E-state index contributed by atoms with van der Waals surface area (Å²) in [5.74, 6) is -0.463. The monoisotopic (exact) mass is 457 g/mol. The van der Waals surface area contributed by atoms with Crippen molar-refractivity contribution in [3.05, 3.63) is 46.3 Å². The molecule has 0 bridgehead atoms. The van der Waals surface area contributed by atoms with Crippen LogP contribution in [-0.2, 0) is 4.79 Å². The molecule has 0 saturated carbocycles. The number of anilines is 4. The van der Waals surface area contributed by atoms with E-state index in [9.17, 15) is 19.3 Å². The van der Waals surface area contributed by atoms with Gasteiger partial charge in [0.15, 0.2) is 0 Å². The predicted molar refractivity (Wildman–Crippen MR) is 124 cm³/mol. The van der Waals surface area contributed by atoms with Crippen LogP contribution in [0.2, 0.25) is 0 Å². The largest absolute Gasteiger partial charge is 0.369 e. The molecule has 0 spiro atoms. The Hall–Kier alpha value is -3.47. The Morgan fingerprint density at radius 1 is 1.18 bits per heavy atom. The number of rotatable bonds is 6. The summed E-state index contributed by atoms with van der Waals surface area (Å²) in [6.45, 7) is 4.30. The van der Waals surface area contributed by atoms with Gasteiger partial charge in [-0.15, -0.1) is 0 Å². The normalized spacial score (nSPS) is 19.4. The molecular formula is C22H28FN7O3. The molecule has 1 unspecified atom stereocenters. The average molecular weight is 458 g/mol. The molecule has 2 fully saturated rings. The SMILES string of the molecule is CN1CCN(c2ccc([N+](=O)[O-])c(Nc3ccc(N4CCCC(C(N)=O)C4)c(F)c3)n2)CC1. The van der Waals surface area contributed by atoms with Crippen molar-refractivity contribution in [1.29, 1.82) is 0 Å². The van der Waals surface area contributed by atoms with Gasteiger partial charge < -0.3 is 25.8 Å². The number of piperidine rings is 1. The van der Waals surface area contributed by atoms with Gasteiger partial charge in [0.1, 0.15) is 11.6 Å². The zero-order valence-corrected chi connectivity index (χ0v) is 18.5. The van der Waals surface area contributed by atoms with E-state index in [1.807, 2.05) is 11.9 Å². The lowest BCUT2D eigenvalue weighted by Crippen LogP contribution is -2.44. The van der Waals surface area contributed by atoms with E-state index in [-0.39, 0.29) is 23.3 Å². The molecule has 176 valence electrons. The van der Waals surface area contributed by atoms with Gasteiger partial charge in [0, 0.05) is 51.0 Å². The summed E-state index contributed by atoms with van der Waals surface area (Å²) in [5, 5.41) is 14.5. The van der Waals surface area contributed by atoms with Gasteiger partial charge in [-0.25, -0.2) is 9.37 Å². The van der Waals surface area contributed by atoms with Gasteiger partial charge in [-0.3, -0.25) is 14.9 Å². The van der Waals surface area contributed by atoms with Crippen LogP contribution in [0.15, 0.2) is 30.3 Å². The van der Waals surface area contributed by atoms with E-state index in [4.69, 9.17) is 5.73 Å². The zero-order valence-electron chi connectivity index (χ0n) is 18.5. The molecule has 0 radical (unpaired) electrons. The number of amides is 1. The van der Waals surface area contributed by atoms with Crippen molar-refractivity contribution in [2.24, 2.45) is 11.7 Å². The zero-order chi connectivity index (χ0) is 23.5. The summed E-state index contributed by atoms with van der Waals surface area (Å²) in [6, 6.07) is 7.61. The van der Waals surface area contributed by atoms with Crippen LogP contribution in [0.3, 0.4) is 0 Å². The standard InChI is InChI=1S/C22H28FN7O3/c1-27-9-11-28(12-10-27)20-7-6-19(30(32)33)22(26-20)25-16-4-5-18(17(23)13-16)29-8-2-3-15(14-29)21(24)31/h4-7,13,15H,2-3,8-12,14H2,1H3,(H2,24,31)(H,25,26). The van der Waals surface area contributed by atoms with Crippen LogP contribution in [0.25, 0.3) is 0 Å². The third kappa shape index (κ3) is 5.14. The van der Waals surface area contributed by atoms with Gasteiger partial charge in [-0.2, -0.15) is 0 Å². The first-order valence-electron chi connectivity index (χ1n) is 11.0. The first kappa shape index (κ1) is 22.7. The molecule has 4 rings (SSSR count). The second-order valence-electron chi connectivity index (χ2n) is 8.56. The van der Waals surface area contributed by atoms with Gasteiger partial charge in [0.2, 0.25) is 11.7 Å². The molecule has 2 saturated heterocycles. The molecule has 1 aromatic heterocycles. The van der Waals surface area contributed by atoms with Gasteiger partial charge >= 0.3 is 5.69 Å². The summed E-state index contributed by atoms with van der Waals surface area (Å²) in [7, 11) is 2.05. The molecule has 3 heterocycles. The van der Waals surface area contributed by atoms with Crippen molar-refractivity contribution in [1.82, 2.24) is 9.88 Å². The number of nitrogens with one attached hydrogen (secondary N) is 1. The van der Waals surface area contributed by atoms with E-state index in [2.05, 4.69) is 20.1 Å². The van der Waals surface area contributed by atoms with Crippen molar-refractivity contribution in [2.45, 2.75) is 12.8 Å². The molecule has 1 atom stereocenters. The molecule has 10 nitrogen and oxygen atoms in total. The highest BCUT2D eigenvalue weighted by molar-refractivity contribution is 5.78. The van der Waals surface area contributed by atoms with Gasteiger partial charge in [0.05, 0.1) is 16.5 Å². The van der Waals surface area contributed by atoms with Gasteiger partial charge in [0.25, 0.3) is 0 Å². The summed E-state index contributed by atoms with van der Waals surface area (Å²) < 4.78 is 15.0. The lowest BCUT2D eigenvalue weighted by molar-refractivity contribution is -0.384. The molecule has 1 aromatic carbocycles. The van der Waals surface area contributed by atoms with E-state index < -0.39 is 10.7 Å². The number of halogens is 1. The number of carbonyl (C=O) groups is 1. The van der Waals surface area contributed by atoms with Crippen molar-refractivity contribution < 1.29 is 14.1 Å². The summed E-state index contributed by atoms with van der Waals surface area (Å²) in [5.41, 5.74) is 5.97. The highest BCUT2D eigenvalue weighted by atomic mass is 19.1. The van der Waals surface area contributed by atoms with Crippen LogP contribution >= 0.6 is 0 Å². The highest BCUT2D eigenvalue weighted by Gasteiger charge is 2.26. The predicted octanol–water partition coefficient (Wildman–Crippen LogP) is 2.33. The number of aromatic nitrogens is 1. The van der Waals surface area contributed by atoms with Crippen LogP contribution in [0.5, 0.6) is 0 Å². The number of carbonyl (C=O) groups excluding carboxylic acids is 1. The molecule has 2 aromatic rings. The minimum absolute atomic E-state index is 0.0651. The molecule has 33 heavy (non-hydrogen) atoms. The number of hydrogen-bond acceptors (Lipinski definition) is 8. The summed E-state index contributed by atoms with van der Waals surface area (Å²) in [4.78, 5) is 33.1. The number of pyridine rings is 1. The quantitative estimate of drug-likeness (QED) is 0.501. The number of nitrogens with zero attached hydrogens (tertiary/aromatic N) is 5. The number of nitrogens with two attached hydrogens (primary N) is 1. The van der Waals surface area contributed by atoms with Gasteiger partial charge in [-0.1, -0.05) is 0 Å². The maximum absolute atomic E-state index is 15.0.